The number of amides is 1. The van der Waals surface area contributed by atoms with Gasteiger partial charge in [0.05, 0.1) is 5.69 Å². The van der Waals surface area contributed by atoms with Crippen molar-refractivity contribution in [3.63, 3.8) is 0 Å². The van der Waals surface area contributed by atoms with Crippen LogP contribution in [-0.2, 0) is 6.42 Å². The minimum absolute atomic E-state index is 0.129. The lowest BCUT2D eigenvalue weighted by molar-refractivity contribution is 0.102. The Bertz CT molecular complexity index is 837. The van der Waals surface area contributed by atoms with Gasteiger partial charge in [0.1, 0.15) is 11.3 Å². The molecule has 2 aromatic heterocycles. The molecule has 0 saturated heterocycles. The highest BCUT2D eigenvalue weighted by atomic mass is 127. The fraction of sp³-hybridized carbons (Fsp3) is 0.176. The van der Waals surface area contributed by atoms with Gasteiger partial charge in [-0.05, 0) is 71.8 Å². The Balaban J connectivity index is 2.02. The van der Waals surface area contributed by atoms with Crippen molar-refractivity contribution >= 4 is 39.8 Å². The van der Waals surface area contributed by atoms with Gasteiger partial charge in [0.2, 0.25) is 0 Å². The molecule has 3 rings (SSSR count). The van der Waals surface area contributed by atoms with Crippen molar-refractivity contribution in [1.82, 2.24) is 9.38 Å². The van der Waals surface area contributed by atoms with E-state index in [2.05, 4.69) is 32.9 Å². The van der Waals surface area contributed by atoms with Crippen molar-refractivity contribution in [2.24, 2.45) is 0 Å². The molecule has 0 atom stereocenters. The zero-order valence-corrected chi connectivity index (χ0v) is 14.6. The average molecular weight is 405 g/mol. The third kappa shape index (κ3) is 2.85. The van der Waals surface area contributed by atoms with Crippen LogP contribution in [0.15, 0.2) is 42.6 Å². The van der Waals surface area contributed by atoms with Crippen LogP contribution < -0.4 is 5.32 Å². The lowest BCUT2D eigenvalue weighted by Crippen LogP contribution is -2.16. The van der Waals surface area contributed by atoms with Crippen LogP contribution in [0.5, 0.6) is 0 Å². The van der Waals surface area contributed by atoms with Crippen molar-refractivity contribution in [2.45, 2.75) is 20.3 Å². The lowest BCUT2D eigenvalue weighted by atomic mass is 10.2. The second-order valence-electron chi connectivity index (χ2n) is 5.16. The number of imidazole rings is 1. The SMILES string of the molecule is CCc1nc2ccc(C)cn2c1C(=O)Nc1ccc(I)cc1. The molecule has 0 radical (unpaired) electrons. The number of rotatable bonds is 3. The molecule has 0 aliphatic rings. The summed E-state index contributed by atoms with van der Waals surface area (Å²) in [7, 11) is 0. The minimum atomic E-state index is -0.129. The molecule has 22 heavy (non-hydrogen) atoms. The third-order valence-corrected chi connectivity index (χ3v) is 4.21. The van der Waals surface area contributed by atoms with Crippen molar-refractivity contribution < 1.29 is 4.79 Å². The van der Waals surface area contributed by atoms with Gasteiger partial charge in [0, 0.05) is 15.5 Å². The first kappa shape index (κ1) is 15.0. The van der Waals surface area contributed by atoms with Crippen LogP contribution in [0.4, 0.5) is 5.69 Å². The van der Waals surface area contributed by atoms with E-state index in [4.69, 9.17) is 0 Å². The van der Waals surface area contributed by atoms with Gasteiger partial charge in [-0.1, -0.05) is 13.0 Å². The summed E-state index contributed by atoms with van der Waals surface area (Å²) in [4.78, 5) is 17.2. The topological polar surface area (TPSA) is 46.4 Å². The molecule has 4 nitrogen and oxygen atoms in total. The van der Waals surface area contributed by atoms with Gasteiger partial charge in [-0.25, -0.2) is 4.98 Å². The van der Waals surface area contributed by atoms with Gasteiger partial charge in [0.15, 0.2) is 0 Å². The second kappa shape index (κ2) is 6.08. The number of aromatic nitrogens is 2. The highest BCUT2D eigenvalue weighted by molar-refractivity contribution is 14.1. The molecule has 2 heterocycles. The molecule has 0 aliphatic carbocycles. The molecule has 1 amide bonds. The van der Waals surface area contributed by atoms with Crippen LogP contribution in [0.2, 0.25) is 0 Å². The van der Waals surface area contributed by atoms with E-state index in [-0.39, 0.29) is 5.91 Å². The molecular weight excluding hydrogens is 389 g/mol. The highest BCUT2D eigenvalue weighted by Gasteiger charge is 2.18. The van der Waals surface area contributed by atoms with Crippen molar-refractivity contribution in [1.29, 1.82) is 0 Å². The fourth-order valence-corrected chi connectivity index (χ4v) is 2.77. The van der Waals surface area contributed by atoms with E-state index < -0.39 is 0 Å². The van der Waals surface area contributed by atoms with Gasteiger partial charge < -0.3 is 5.32 Å². The zero-order chi connectivity index (χ0) is 15.7. The largest absolute Gasteiger partial charge is 0.321 e. The first-order valence-corrected chi connectivity index (χ1v) is 8.21. The summed E-state index contributed by atoms with van der Waals surface area (Å²) in [5.41, 5.74) is 4.11. The maximum absolute atomic E-state index is 12.7. The van der Waals surface area contributed by atoms with E-state index in [0.29, 0.717) is 5.69 Å². The summed E-state index contributed by atoms with van der Waals surface area (Å²) < 4.78 is 3.01. The van der Waals surface area contributed by atoms with Crippen molar-refractivity contribution in [3.05, 3.63) is 63.1 Å². The number of aryl methyl sites for hydroxylation is 2. The zero-order valence-electron chi connectivity index (χ0n) is 12.4. The number of carbonyl (C=O) groups is 1. The average Bonchev–Trinajstić information content (AvgIpc) is 2.87. The van der Waals surface area contributed by atoms with Gasteiger partial charge >= 0.3 is 0 Å². The van der Waals surface area contributed by atoms with E-state index in [1.165, 1.54) is 0 Å². The molecule has 0 aliphatic heterocycles. The van der Waals surface area contributed by atoms with Gasteiger partial charge in [-0.15, -0.1) is 0 Å². The van der Waals surface area contributed by atoms with E-state index in [0.717, 1.165) is 32.6 Å². The number of hydrogen-bond acceptors (Lipinski definition) is 2. The van der Waals surface area contributed by atoms with Crippen molar-refractivity contribution in [3.8, 4) is 0 Å². The molecule has 0 fully saturated rings. The van der Waals surface area contributed by atoms with Crippen LogP contribution in [0.3, 0.4) is 0 Å². The first-order valence-electron chi connectivity index (χ1n) is 7.13. The molecule has 0 saturated carbocycles. The molecule has 0 spiro atoms. The Morgan fingerprint density at radius 2 is 1.95 bits per heavy atom. The number of fused-ring (bicyclic) bond motifs is 1. The van der Waals surface area contributed by atoms with Crippen LogP contribution in [0.1, 0.15) is 28.7 Å². The highest BCUT2D eigenvalue weighted by Crippen LogP contribution is 2.18. The fourth-order valence-electron chi connectivity index (χ4n) is 2.41. The van der Waals surface area contributed by atoms with Crippen LogP contribution >= 0.6 is 22.6 Å². The summed E-state index contributed by atoms with van der Waals surface area (Å²) >= 11 is 2.24. The number of benzene rings is 1. The summed E-state index contributed by atoms with van der Waals surface area (Å²) in [5.74, 6) is -0.129. The Labute approximate surface area is 142 Å². The first-order chi connectivity index (χ1) is 10.6. The van der Waals surface area contributed by atoms with Gasteiger partial charge in [-0.2, -0.15) is 0 Å². The molecule has 0 bridgehead atoms. The Morgan fingerprint density at radius 3 is 2.64 bits per heavy atom. The van der Waals surface area contributed by atoms with E-state index >= 15 is 0 Å². The molecule has 1 N–H and O–H groups in total. The van der Waals surface area contributed by atoms with Crippen molar-refractivity contribution in [2.75, 3.05) is 5.32 Å². The molecular formula is C17H16IN3O. The van der Waals surface area contributed by atoms with Crippen LogP contribution in [-0.4, -0.2) is 15.3 Å². The van der Waals surface area contributed by atoms with E-state index in [9.17, 15) is 4.79 Å². The standard InChI is InChI=1S/C17H16IN3O/c1-3-14-16(21-10-11(2)4-9-15(21)20-14)17(22)19-13-7-5-12(18)6-8-13/h4-10H,3H2,1-2H3,(H,19,22). The monoisotopic (exact) mass is 405 g/mol. The summed E-state index contributed by atoms with van der Waals surface area (Å²) in [6, 6.07) is 11.7. The normalized spacial score (nSPS) is 10.9. The number of anilines is 1. The number of hydrogen-bond donors (Lipinski definition) is 1. The van der Waals surface area contributed by atoms with E-state index in [1.807, 2.05) is 60.8 Å². The Kier molecular flexibility index (Phi) is 4.15. The number of carbonyl (C=O) groups excluding carboxylic acids is 1. The predicted molar refractivity (Wildman–Crippen MR) is 96.4 cm³/mol. The number of halogens is 1. The number of nitrogens with one attached hydrogen (secondary N) is 1. The number of nitrogens with zero attached hydrogens (tertiary/aromatic N) is 2. The smallest absolute Gasteiger partial charge is 0.274 e. The maximum atomic E-state index is 12.7. The molecule has 0 unspecified atom stereocenters. The van der Waals surface area contributed by atoms with Crippen LogP contribution in [0, 0.1) is 10.5 Å². The third-order valence-electron chi connectivity index (χ3n) is 3.49. The van der Waals surface area contributed by atoms with Gasteiger partial charge in [0.25, 0.3) is 5.91 Å². The molecule has 1 aromatic carbocycles. The van der Waals surface area contributed by atoms with E-state index in [1.54, 1.807) is 0 Å². The Hall–Kier alpha value is -1.89. The summed E-state index contributed by atoms with van der Waals surface area (Å²) in [6.07, 6.45) is 2.67. The quantitative estimate of drug-likeness (QED) is 0.669. The number of pyridine rings is 1. The predicted octanol–water partition coefficient (Wildman–Crippen LogP) is 4.06. The molecule has 112 valence electrons. The summed E-state index contributed by atoms with van der Waals surface area (Å²) in [6.45, 7) is 4.02. The van der Waals surface area contributed by atoms with Crippen LogP contribution in [0.25, 0.3) is 5.65 Å². The van der Waals surface area contributed by atoms with Gasteiger partial charge in [-0.3, -0.25) is 9.20 Å². The second-order valence-corrected chi connectivity index (χ2v) is 6.40. The maximum Gasteiger partial charge on any atom is 0.274 e. The lowest BCUT2D eigenvalue weighted by Gasteiger charge is -2.07. The summed E-state index contributed by atoms with van der Waals surface area (Å²) in [5, 5.41) is 2.95. The Morgan fingerprint density at radius 1 is 1.23 bits per heavy atom. The molecule has 5 heteroatoms. The minimum Gasteiger partial charge on any atom is -0.321 e. The molecule has 3 aromatic rings.